The van der Waals surface area contributed by atoms with Gasteiger partial charge in [0.2, 0.25) is 0 Å². The normalized spacial score (nSPS) is 16.2. The highest BCUT2D eigenvalue weighted by atomic mass is 19.3. The maximum Gasteiger partial charge on any atom is 0.260 e. The molecule has 16 heavy (non-hydrogen) atoms. The minimum Gasteiger partial charge on any atom is -0.317 e. The quantitative estimate of drug-likeness (QED) is 0.823. The number of hydrogen-bond donors (Lipinski definition) is 1. The lowest BCUT2D eigenvalue weighted by atomic mass is 9.83. The van der Waals surface area contributed by atoms with E-state index in [2.05, 4.69) is 0 Å². The third kappa shape index (κ3) is 2.59. The maximum atomic E-state index is 12.8. The average Bonchev–Trinajstić information content (AvgIpc) is 2.16. The molecule has 0 fully saturated rings. The van der Waals surface area contributed by atoms with Gasteiger partial charge in [-0.3, -0.25) is 0 Å². The molecule has 0 bridgehead atoms. The standard InChI is InChI=1S/C13H19F2N/c1-12(2,3)9-6-5-7-10(8-9)13(4,16)11(14)15/h5-8,11H,16H2,1-4H3. The Morgan fingerprint density at radius 1 is 1.06 bits per heavy atom. The summed E-state index contributed by atoms with van der Waals surface area (Å²) in [5, 5.41) is 0. The van der Waals surface area contributed by atoms with Crippen molar-refractivity contribution in [2.24, 2.45) is 5.73 Å². The van der Waals surface area contributed by atoms with Crippen LogP contribution in [0.25, 0.3) is 0 Å². The first-order valence-corrected chi connectivity index (χ1v) is 5.34. The molecule has 0 saturated heterocycles. The fourth-order valence-corrected chi connectivity index (χ4v) is 1.45. The van der Waals surface area contributed by atoms with Crippen molar-refractivity contribution < 1.29 is 8.78 Å². The van der Waals surface area contributed by atoms with Gasteiger partial charge in [0.15, 0.2) is 0 Å². The van der Waals surface area contributed by atoms with Crippen LogP contribution < -0.4 is 5.73 Å². The highest BCUT2D eigenvalue weighted by Gasteiger charge is 2.32. The van der Waals surface area contributed by atoms with E-state index in [1.165, 1.54) is 6.92 Å². The number of nitrogens with two attached hydrogens (primary N) is 1. The van der Waals surface area contributed by atoms with E-state index < -0.39 is 12.0 Å². The molecule has 90 valence electrons. The highest BCUT2D eigenvalue weighted by molar-refractivity contribution is 5.33. The molecule has 0 heterocycles. The molecular weight excluding hydrogens is 208 g/mol. The first kappa shape index (κ1) is 13.1. The second-order valence-electron chi connectivity index (χ2n) is 5.41. The van der Waals surface area contributed by atoms with Crippen LogP contribution in [0, 0.1) is 0 Å². The SMILES string of the molecule is CC(C)(C)c1cccc(C(C)(N)C(F)F)c1. The van der Waals surface area contributed by atoms with Gasteiger partial charge in [-0.05, 0) is 23.5 Å². The van der Waals surface area contributed by atoms with Gasteiger partial charge in [-0.2, -0.15) is 0 Å². The number of benzene rings is 1. The van der Waals surface area contributed by atoms with Crippen LogP contribution in [0.5, 0.6) is 0 Å². The van der Waals surface area contributed by atoms with Gasteiger partial charge in [0.1, 0.15) is 0 Å². The van der Waals surface area contributed by atoms with Crippen LogP contribution in [0.15, 0.2) is 24.3 Å². The fourth-order valence-electron chi connectivity index (χ4n) is 1.45. The number of halogens is 2. The Bertz CT molecular complexity index is 364. The van der Waals surface area contributed by atoms with Crippen molar-refractivity contribution in [3.05, 3.63) is 35.4 Å². The molecule has 1 aromatic rings. The molecule has 0 spiro atoms. The molecule has 1 rings (SSSR count). The molecule has 0 aliphatic rings. The Morgan fingerprint density at radius 3 is 2.00 bits per heavy atom. The average molecular weight is 227 g/mol. The summed E-state index contributed by atoms with van der Waals surface area (Å²) < 4.78 is 25.6. The van der Waals surface area contributed by atoms with E-state index in [1.54, 1.807) is 18.2 Å². The fraction of sp³-hybridized carbons (Fsp3) is 0.538. The zero-order valence-electron chi connectivity index (χ0n) is 10.2. The highest BCUT2D eigenvalue weighted by Crippen LogP contribution is 2.29. The van der Waals surface area contributed by atoms with Crippen LogP contribution in [0.1, 0.15) is 38.8 Å². The van der Waals surface area contributed by atoms with Crippen molar-refractivity contribution in [2.45, 2.75) is 45.1 Å². The first-order valence-electron chi connectivity index (χ1n) is 5.34. The summed E-state index contributed by atoms with van der Waals surface area (Å²) in [6.07, 6.45) is -2.57. The van der Waals surface area contributed by atoms with Crippen molar-refractivity contribution in [2.75, 3.05) is 0 Å². The zero-order chi connectivity index (χ0) is 12.6. The van der Waals surface area contributed by atoms with Crippen LogP contribution in [0.3, 0.4) is 0 Å². The van der Waals surface area contributed by atoms with Crippen molar-refractivity contribution in [3.8, 4) is 0 Å². The van der Waals surface area contributed by atoms with Gasteiger partial charge >= 0.3 is 0 Å². The van der Waals surface area contributed by atoms with Gasteiger partial charge in [-0.1, -0.05) is 45.0 Å². The predicted molar refractivity (Wildman–Crippen MR) is 62.7 cm³/mol. The number of rotatable bonds is 2. The smallest absolute Gasteiger partial charge is 0.260 e. The Labute approximate surface area is 95.7 Å². The van der Waals surface area contributed by atoms with Crippen LogP contribution in [-0.2, 0) is 11.0 Å². The summed E-state index contributed by atoms with van der Waals surface area (Å²) in [7, 11) is 0. The maximum absolute atomic E-state index is 12.8. The molecule has 2 N–H and O–H groups in total. The van der Waals surface area contributed by atoms with Crippen molar-refractivity contribution >= 4 is 0 Å². The third-order valence-electron chi connectivity index (χ3n) is 2.80. The van der Waals surface area contributed by atoms with Crippen molar-refractivity contribution in [1.82, 2.24) is 0 Å². The molecule has 0 amide bonds. The lowest BCUT2D eigenvalue weighted by molar-refractivity contribution is 0.0624. The number of hydrogen-bond acceptors (Lipinski definition) is 1. The van der Waals surface area contributed by atoms with Crippen LogP contribution in [0.4, 0.5) is 8.78 Å². The van der Waals surface area contributed by atoms with Crippen LogP contribution in [0.2, 0.25) is 0 Å². The molecule has 0 saturated carbocycles. The summed E-state index contributed by atoms with van der Waals surface area (Å²) in [6, 6.07) is 7.14. The topological polar surface area (TPSA) is 26.0 Å². The molecule has 1 atom stereocenters. The lowest BCUT2D eigenvalue weighted by Crippen LogP contribution is -2.40. The van der Waals surface area contributed by atoms with E-state index >= 15 is 0 Å². The molecular formula is C13H19F2N. The van der Waals surface area contributed by atoms with Crippen LogP contribution >= 0.6 is 0 Å². The predicted octanol–water partition coefficient (Wildman–Crippen LogP) is 3.42. The van der Waals surface area contributed by atoms with Gasteiger partial charge in [-0.25, -0.2) is 8.78 Å². The molecule has 3 heteroatoms. The van der Waals surface area contributed by atoms with E-state index in [0.717, 1.165) is 5.56 Å². The second-order valence-corrected chi connectivity index (χ2v) is 5.41. The summed E-state index contributed by atoms with van der Waals surface area (Å²) in [4.78, 5) is 0. The van der Waals surface area contributed by atoms with Gasteiger partial charge in [0.05, 0.1) is 5.54 Å². The van der Waals surface area contributed by atoms with E-state index in [-0.39, 0.29) is 5.41 Å². The van der Waals surface area contributed by atoms with E-state index in [1.807, 2.05) is 26.8 Å². The zero-order valence-corrected chi connectivity index (χ0v) is 10.2. The van der Waals surface area contributed by atoms with Gasteiger partial charge in [0, 0.05) is 0 Å². The Kier molecular flexibility index (Phi) is 3.38. The molecule has 1 unspecified atom stereocenters. The van der Waals surface area contributed by atoms with Gasteiger partial charge in [0.25, 0.3) is 6.43 Å². The third-order valence-corrected chi connectivity index (χ3v) is 2.80. The number of alkyl halides is 2. The largest absolute Gasteiger partial charge is 0.317 e. The molecule has 0 aliphatic carbocycles. The molecule has 0 aliphatic heterocycles. The van der Waals surface area contributed by atoms with Gasteiger partial charge in [-0.15, -0.1) is 0 Å². The monoisotopic (exact) mass is 227 g/mol. The molecule has 0 aromatic heterocycles. The summed E-state index contributed by atoms with van der Waals surface area (Å²) in [5.74, 6) is 0. The first-order chi connectivity index (χ1) is 7.15. The molecule has 1 aromatic carbocycles. The lowest BCUT2D eigenvalue weighted by Gasteiger charge is -2.27. The Hall–Kier alpha value is -0.960. The van der Waals surface area contributed by atoms with E-state index in [0.29, 0.717) is 5.56 Å². The van der Waals surface area contributed by atoms with Crippen LogP contribution in [-0.4, -0.2) is 6.43 Å². The van der Waals surface area contributed by atoms with E-state index in [9.17, 15) is 8.78 Å². The van der Waals surface area contributed by atoms with Crippen molar-refractivity contribution in [1.29, 1.82) is 0 Å². The Balaban J connectivity index is 3.18. The van der Waals surface area contributed by atoms with Gasteiger partial charge < -0.3 is 5.73 Å². The summed E-state index contributed by atoms with van der Waals surface area (Å²) in [6.45, 7) is 7.49. The minimum absolute atomic E-state index is 0.0613. The second kappa shape index (κ2) is 4.13. The summed E-state index contributed by atoms with van der Waals surface area (Å²) >= 11 is 0. The minimum atomic E-state index is -2.57. The Morgan fingerprint density at radius 2 is 1.56 bits per heavy atom. The summed E-state index contributed by atoms with van der Waals surface area (Å²) in [5.41, 5.74) is 5.50. The van der Waals surface area contributed by atoms with Crippen molar-refractivity contribution in [3.63, 3.8) is 0 Å². The van der Waals surface area contributed by atoms with E-state index in [4.69, 9.17) is 5.73 Å². The molecule has 0 radical (unpaired) electrons. The molecule has 1 nitrogen and oxygen atoms in total.